The van der Waals surface area contributed by atoms with E-state index in [-0.39, 0.29) is 5.56 Å². The van der Waals surface area contributed by atoms with Crippen molar-refractivity contribution in [1.29, 1.82) is 0 Å². The van der Waals surface area contributed by atoms with Gasteiger partial charge in [-0.15, -0.1) is 10.2 Å². The first-order chi connectivity index (χ1) is 14.2. The van der Waals surface area contributed by atoms with E-state index in [1.807, 2.05) is 52.9 Å². The van der Waals surface area contributed by atoms with Crippen molar-refractivity contribution in [2.45, 2.75) is 0 Å². The third-order valence-corrected chi connectivity index (χ3v) is 5.36. The van der Waals surface area contributed by atoms with Gasteiger partial charge in [-0.25, -0.2) is 9.55 Å². The van der Waals surface area contributed by atoms with E-state index >= 15 is 0 Å². The van der Waals surface area contributed by atoms with Crippen molar-refractivity contribution in [2.24, 2.45) is 0 Å². The van der Waals surface area contributed by atoms with Crippen molar-refractivity contribution < 1.29 is 0 Å². The summed E-state index contributed by atoms with van der Waals surface area (Å²) in [5.41, 5.74) is 2.76. The molecule has 0 saturated carbocycles. The van der Waals surface area contributed by atoms with Gasteiger partial charge in [0, 0.05) is 10.4 Å². The number of hydrogen-bond donors (Lipinski definition) is 0. The van der Waals surface area contributed by atoms with Crippen LogP contribution in [0.1, 0.15) is 0 Å². The average Bonchev–Trinajstić information content (AvgIpc) is 3.14. The lowest BCUT2D eigenvalue weighted by Gasteiger charge is -2.15. The van der Waals surface area contributed by atoms with Gasteiger partial charge in [-0.2, -0.15) is 0 Å². The van der Waals surface area contributed by atoms with Crippen molar-refractivity contribution in [2.75, 3.05) is 0 Å². The van der Waals surface area contributed by atoms with E-state index < -0.39 is 0 Å². The van der Waals surface area contributed by atoms with E-state index in [1.54, 1.807) is 28.8 Å². The van der Waals surface area contributed by atoms with Crippen molar-refractivity contribution in [3.05, 3.63) is 88.2 Å². The van der Waals surface area contributed by atoms with Gasteiger partial charge >= 0.3 is 0 Å². The normalized spacial score (nSPS) is 11.8. The fourth-order valence-electron chi connectivity index (χ4n) is 3.80. The summed E-state index contributed by atoms with van der Waals surface area (Å²) in [6.07, 6.45) is 0. The fraction of sp³-hybridized carbons (Fsp3) is 0. The van der Waals surface area contributed by atoms with Gasteiger partial charge in [-0.3, -0.25) is 9.20 Å². The number of para-hydroxylation sites is 2. The molecule has 6 nitrogen and oxygen atoms in total. The minimum Gasteiger partial charge on any atom is -0.268 e. The largest absolute Gasteiger partial charge is 0.268 e. The summed E-state index contributed by atoms with van der Waals surface area (Å²) in [5.74, 6) is 1.06. The quantitative estimate of drug-likeness (QED) is 0.387. The van der Waals surface area contributed by atoms with Crippen molar-refractivity contribution >= 4 is 39.2 Å². The van der Waals surface area contributed by atoms with Crippen LogP contribution in [0.4, 0.5) is 0 Å². The van der Waals surface area contributed by atoms with Gasteiger partial charge in [0.25, 0.3) is 5.56 Å². The third kappa shape index (κ3) is 2.23. The highest BCUT2D eigenvalue weighted by atomic mass is 35.5. The molecule has 0 atom stereocenters. The molecule has 0 bridgehead atoms. The molecule has 6 rings (SSSR count). The number of rotatable bonds is 1. The third-order valence-electron chi connectivity index (χ3n) is 5.11. The van der Waals surface area contributed by atoms with Crippen LogP contribution in [0.3, 0.4) is 0 Å². The highest BCUT2D eigenvalue weighted by Crippen LogP contribution is 2.30. The van der Waals surface area contributed by atoms with Crippen LogP contribution in [0.25, 0.3) is 44.8 Å². The molecule has 138 valence electrons. The Hall–Kier alpha value is -3.77. The molecule has 3 aromatic carbocycles. The van der Waals surface area contributed by atoms with Gasteiger partial charge in [0.1, 0.15) is 5.69 Å². The Morgan fingerprint density at radius 2 is 1.52 bits per heavy atom. The molecule has 0 N–H and O–H groups in total. The van der Waals surface area contributed by atoms with E-state index in [4.69, 9.17) is 16.6 Å². The van der Waals surface area contributed by atoms with E-state index in [1.165, 1.54) is 0 Å². The Labute approximate surface area is 169 Å². The van der Waals surface area contributed by atoms with Gasteiger partial charge in [-0.1, -0.05) is 41.9 Å². The van der Waals surface area contributed by atoms with Gasteiger partial charge < -0.3 is 0 Å². The molecule has 4 aromatic rings. The lowest BCUT2D eigenvalue weighted by atomic mass is 10.2. The molecule has 1 aromatic heterocycles. The van der Waals surface area contributed by atoms with Crippen LogP contribution in [0.15, 0.2) is 77.6 Å². The maximum absolute atomic E-state index is 13.4. The molecule has 2 aliphatic heterocycles. The number of benzene rings is 3. The van der Waals surface area contributed by atoms with Gasteiger partial charge in [0.15, 0.2) is 5.82 Å². The maximum Gasteiger partial charge on any atom is 0.267 e. The van der Waals surface area contributed by atoms with Gasteiger partial charge in [0.05, 0.1) is 22.1 Å². The molecule has 29 heavy (non-hydrogen) atoms. The molecule has 0 radical (unpaired) electrons. The number of aromatic nitrogens is 5. The lowest BCUT2D eigenvalue weighted by molar-refractivity contribution is 0.883. The van der Waals surface area contributed by atoms with Crippen LogP contribution >= 0.6 is 11.6 Å². The second-order valence-electron chi connectivity index (χ2n) is 6.77. The average molecular weight is 398 g/mol. The number of halogens is 1. The summed E-state index contributed by atoms with van der Waals surface area (Å²) in [6, 6.07) is 22.3. The summed E-state index contributed by atoms with van der Waals surface area (Å²) in [7, 11) is 0. The van der Waals surface area contributed by atoms with Crippen LogP contribution in [0, 0.1) is 0 Å². The summed E-state index contributed by atoms with van der Waals surface area (Å²) in [5, 5.41) is 11.0. The van der Waals surface area contributed by atoms with Crippen LogP contribution in [-0.4, -0.2) is 24.1 Å². The molecule has 2 aliphatic rings. The molecule has 3 heterocycles. The second-order valence-corrected chi connectivity index (χ2v) is 7.21. The summed E-state index contributed by atoms with van der Waals surface area (Å²) < 4.78 is 3.44. The molecule has 7 heteroatoms. The topological polar surface area (TPSA) is 65.1 Å². The van der Waals surface area contributed by atoms with E-state index in [0.717, 1.165) is 16.4 Å². The number of hydrogen-bond acceptors (Lipinski definition) is 4. The zero-order chi connectivity index (χ0) is 19.5. The Balaban J connectivity index is 1.88. The smallest absolute Gasteiger partial charge is 0.267 e. The van der Waals surface area contributed by atoms with E-state index in [2.05, 4.69) is 10.2 Å². The summed E-state index contributed by atoms with van der Waals surface area (Å²) in [4.78, 5) is 18.2. The molecule has 0 saturated heterocycles. The number of fused-ring (bicyclic) bond motifs is 7. The maximum atomic E-state index is 13.4. The van der Waals surface area contributed by atoms with Crippen molar-refractivity contribution in [3.8, 4) is 17.2 Å². The second kappa shape index (κ2) is 5.86. The highest BCUT2D eigenvalue weighted by molar-refractivity contribution is 6.30. The predicted molar refractivity (Wildman–Crippen MR) is 113 cm³/mol. The van der Waals surface area contributed by atoms with Crippen molar-refractivity contribution in [1.82, 2.24) is 24.1 Å². The van der Waals surface area contributed by atoms with E-state index in [9.17, 15) is 4.79 Å². The first-order valence-electron chi connectivity index (χ1n) is 9.06. The Morgan fingerprint density at radius 3 is 2.34 bits per heavy atom. The first kappa shape index (κ1) is 16.2. The predicted octanol–water partition coefficient (Wildman–Crippen LogP) is 4.34. The van der Waals surface area contributed by atoms with Crippen LogP contribution in [0.5, 0.6) is 0 Å². The van der Waals surface area contributed by atoms with Gasteiger partial charge in [-0.05, 0) is 42.5 Å². The Morgan fingerprint density at radius 1 is 0.793 bits per heavy atom. The van der Waals surface area contributed by atoms with E-state index in [0.29, 0.717) is 33.4 Å². The minimum atomic E-state index is -0.173. The van der Waals surface area contributed by atoms with Gasteiger partial charge in [0.2, 0.25) is 5.78 Å². The Kier molecular flexibility index (Phi) is 3.28. The van der Waals surface area contributed by atoms with Crippen LogP contribution in [0.2, 0.25) is 5.02 Å². The molecular formula is C22H12ClN5O. The summed E-state index contributed by atoms with van der Waals surface area (Å²) >= 11 is 6.04. The zero-order valence-electron chi connectivity index (χ0n) is 15.0. The van der Waals surface area contributed by atoms with Crippen LogP contribution in [-0.2, 0) is 0 Å². The Bertz CT molecular complexity index is 1580. The molecule has 0 unspecified atom stereocenters. The summed E-state index contributed by atoms with van der Waals surface area (Å²) in [6.45, 7) is 0. The molecule has 0 fully saturated rings. The standard InChI is InChI=1S/C22H12ClN5O/c23-13-9-11-14(12-10-13)27-21(29)16-6-2-4-8-18(16)28-20-19(25-26-22(27)28)15-5-1-3-7-17(15)24-20/h1-12H. The fourth-order valence-corrected chi connectivity index (χ4v) is 3.92. The minimum absolute atomic E-state index is 0.173. The molecule has 0 amide bonds. The van der Waals surface area contributed by atoms with Crippen molar-refractivity contribution in [3.63, 3.8) is 0 Å². The zero-order valence-corrected chi connectivity index (χ0v) is 15.7. The monoisotopic (exact) mass is 397 g/mol. The van der Waals surface area contributed by atoms with Crippen LogP contribution < -0.4 is 5.56 Å². The SMILES string of the molecule is O=c1c2ccccc2n2c3nc4ccccc4c-3nnc2n1-c1ccc(Cl)cc1. The first-order valence-corrected chi connectivity index (χ1v) is 9.43. The molecule has 0 aliphatic carbocycles. The highest BCUT2D eigenvalue weighted by Gasteiger charge is 2.22. The molecular weight excluding hydrogens is 386 g/mol. The lowest BCUT2D eigenvalue weighted by Crippen LogP contribution is -2.24. The molecule has 0 spiro atoms. The number of nitrogens with zero attached hydrogens (tertiary/aromatic N) is 5.